The molecule has 0 spiro atoms. The van der Waals surface area contributed by atoms with Crippen LogP contribution in [-0.2, 0) is 10.0 Å². The highest BCUT2D eigenvalue weighted by atomic mass is 32.2. The van der Waals surface area contributed by atoms with Crippen molar-refractivity contribution in [2.75, 3.05) is 0 Å². The summed E-state index contributed by atoms with van der Waals surface area (Å²) in [5.41, 5.74) is 2.94. The molecule has 30 heavy (non-hydrogen) atoms. The van der Waals surface area contributed by atoms with Crippen molar-refractivity contribution in [2.24, 2.45) is 0 Å². The van der Waals surface area contributed by atoms with Gasteiger partial charge in [0.15, 0.2) is 0 Å². The molecule has 0 aliphatic carbocycles. The molecule has 0 aliphatic heterocycles. The fourth-order valence-electron chi connectivity index (χ4n) is 3.19. The molecule has 3 aromatic carbocycles. The molecular weight excluding hydrogens is 404 g/mol. The number of rotatable bonds is 6. The topological polar surface area (TPSA) is 118 Å². The molecule has 1 unspecified atom stereocenters. The zero-order valence-corrected chi connectivity index (χ0v) is 16.8. The van der Waals surface area contributed by atoms with Crippen molar-refractivity contribution < 1.29 is 13.3 Å². The van der Waals surface area contributed by atoms with Crippen LogP contribution in [0.3, 0.4) is 0 Å². The summed E-state index contributed by atoms with van der Waals surface area (Å²) in [6.07, 6.45) is 0. The van der Waals surface area contributed by atoms with Crippen LogP contribution in [0.5, 0.6) is 0 Å². The number of nitrogens with zero attached hydrogens (tertiary/aromatic N) is 2. The quantitative estimate of drug-likeness (QED) is 0.361. The van der Waals surface area contributed by atoms with Crippen LogP contribution < -0.4 is 4.72 Å². The van der Waals surface area contributed by atoms with E-state index in [1.165, 1.54) is 18.2 Å². The largest absolute Gasteiger partial charge is 0.340 e. The van der Waals surface area contributed by atoms with Gasteiger partial charge in [-0.2, -0.15) is 4.72 Å². The summed E-state index contributed by atoms with van der Waals surface area (Å²) in [6, 6.07) is 18.9. The van der Waals surface area contributed by atoms with E-state index in [9.17, 15) is 18.5 Å². The predicted molar refractivity (Wildman–Crippen MR) is 113 cm³/mol. The first-order chi connectivity index (χ1) is 14.3. The summed E-state index contributed by atoms with van der Waals surface area (Å²) in [6.45, 7) is 1.96. The standard InChI is InChI=1S/C21H18N4O4S/c1-14-10-11-18-19(12-14)23-21(22-18)20(15-6-3-2-4-7-15)24-30(28,29)17-9-5-8-16(13-17)25(26)27/h2-13,20,24H,1H3,(H,22,23). The van der Waals surface area contributed by atoms with Crippen molar-refractivity contribution in [1.82, 2.24) is 14.7 Å². The third kappa shape index (κ3) is 3.93. The Balaban J connectivity index is 1.78. The number of hydrogen-bond donors (Lipinski definition) is 2. The fourth-order valence-corrected chi connectivity index (χ4v) is 4.42. The SMILES string of the molecule is Cc1ccc2nc(C(NS(=O)(=O)c3cccc([N+](=O)[O-])c3)c3ccccc3)[nH]c2c1. The minimum Gasteiger partial charge on any atom is -0.340 e. The number of aromatic amines is 1. The van der Waals surface area contributed by atoms with Crippen molar-refractivity contribution in [3.63, 3.8) is 0 Å². The van der Waals surface area contributed by atoms with E-state index < -0.39 is 21.0 Å². The monoisotopic (exact) mass is 422 g/mol. The van der Waals surface area contributed by atoms with Gasteiger partial charge in [-0.15, -0.1) is 0 Å². The molecule has 0 bridgehead atoms. The van der Waals surface area contributed by atoms with Crippen molar-refractivity contribution in [3.05, 3.63) is 99.9 Å². The number of nitro benzene ring substituents is 1. The lowest BCUT2D eigenvalue weighted by Gasteiger charge is -2.17. The molecule has 9 heteroatoms. The van der Waals surface area contributed by atoms with Crippen LogP contribution in [-0.4, -0.2) is 23.3 Å². The lowest BCUT2D eigenvalue weighted by molar-refractivity contribution is -0.385. The highest BCUT2D eigenvalue weighted by Crippen LogP contribution is 2.26. The van der Waals surface area contributed by atoms with Crippen LogP contribution in [0.25, 0.3) is 11.0 Å². The molecule has 8 nitrogen and oxygen atoms in total. The molecule has 0 fully saturated rings. The molecule has 0 saturated carbocycles. The van der Waals surface area contributed by atoms with Crippen molar-refractivity contribution in [2.45, 2.75) is 17.9 Å². The normalized spacial score (nSPS) is 12.7. The Kier molecular flexibility index (Phi) is 5.06. The summed E-state index contributed by atoms with van der Waals surface area (Å²) in [7, 11) is -4.07. The number of imidazole rings is 1. The number of nitro groups is 1. The third-order valence-electron chi connectivity index (χ3n) is 4.67. The Bertz CT molecular complexity index is 1330. The van der Waals surface area contributed by atoms with Gasteiger partial charge in [0.2, 0.25) is 10.0 Å². The first-order valence-electron chi connectivity index (χ1n) is 9.11. The van der Waals surface area contributed by atoms with Crippen molar-refractivity contribution >= 4 is 26.7 Å². The molecule has 4 aromatic rings. The van der Waals surface area contributed by atoms with Gasteiger partial charge < -0.3 is 4.98 Å². The number of benzene rings is 3. The van der Waals surface area contributed by atoms with E-state index >= 15 is 0 Å². The first-order valence-corrected chi connectivity index (χ1v) is 10.6. The van der Waals surface area contributed by atoms with Gasteiger partial charge in [0.05, 0.1) is 20.9 Å². The van der Waals surface area contributed by atoms with Crippen LogP contribution in [0.1, 0.15) is 23.0 Å². The molecule has 1 heterocycles. The van der Waals surface area contributed by atoms with E-state index in [2.05, 4.69) is 14.7 Å². The van der Waals surface area contributed by atoms with Crippen molar-refractivity contribution in [3.8, 4) is 0 Å². The van der Waals surface area contributed by atoms with Gasteiger partial charge in [0, 0.05) is 12.1 Å². The minimum atomic E-state index is -4.07. The second kappa shape index (κ2) is 7.69. The molecule has 0 amide bonds. The predicted octanol–water partition coefficient (Wildman–Crippen LogP) is 3.85. The number of fused-ring (bicyclic) bond motifs is 1. The van der Waals surface area contributed by atoms with E-state index in [0.717, 1.165) is 17.1 Å². The molecule has 152 valence electrons. The highest BCUT2D eigenvalue weighted by Gasteiger charge is 2.26. The van der Waals surface area contributed by atoms with Crippen LogP contribution in [0, 0.1) is 17.0 Å². The highest BCUT2D eigenvalue weighted by molar-refractivity contribution is 7.89. The van der Waals surface area contributed by atoms with Gasteiger partial charge in [0.25, 0.3) is 5.69 Å². The van der Waals surface area contributed by atoms with Gasteiger partial charge in [-0.3, -0.25) is 10.1 Å². The summed E-state index contributed by atoms with van der Waals surface area (Å²) in [5.74, 6) is 0.427. The maximum atomic E-state index is 13.1. The average Bonchev–Trinajstić information content (AvgIpc) is 3.15. The van der Waals surface area contributed by atoms with E-state index in [4.69, 9.17) is 0 Å². The van der Waals surface area contributed by atoms with Crippen LogP contribution >= 0.6 is 0 Å². The average molecular weight is 422 g/mol. The van der Waals surface area contributed by atoms with Gasteiger partial charge in [-0.25, -0.2) is 13.4 Å². The number of H-pyrrole nitrogens is 1. The van der Waals surface area contributed by atoms with E-state index in [-0.39, 0.29) is 10.6 Å². The molecule has 4 rings (SSSR count). The molecule has 1 atom stereocenters. The zero-order chi connectivity index (χ0) is 21.3. The number of hydrogen-bond acceptors (Lipinski definition) is 5. The lowest BCUT2D eigenvalue weighted by Crippen LogP contribution is -2.30. The summed E-state index contributed by atoms with van der Waals surface area (Å²) in [4.78, 5) is 18.0. The number of aryl methyl sites for hydroxylation is 1. The van der Waals surface area contributed by atoms with Crippen LogP contribution in [0.4, 0.5) is 5.69 Å². The molecular formula is C21H18N4O4S. The van der Waals surface area contributed by atoms with E-state index in [0.29, 0.717) is 16.9 Å². The summed E-state index contributed by atoms with van der Waals surface area (Å²) >= 11 is 0. The first kappa shape index (κ1) is 19.7. The molecule has 0 radical (unpaired) electrons. The lowest BCUT2D eigenvalue weighted by atomic mass is 10.1. The van der Waals surface area contributed by atoms with Crippen LogP contribution in [0.15, 0.2) is 77.7 Å². The van der Waals surface area contributed by atoms with Gasteiger partial charge in [-0.1, -0.05) is 42.5 Å². The zero-order valence-electron chi connectivity index (χ0n) is 15.9. The number of non-ortho nitro benzene ring substituents is 1. The molecule has 0 saturated heterocycles. The van der Waals surface area contributed by atoms with Crippen LogP contribution in [0.2, 0.25) is 0 Å². The second-order valence-electron chi connectivity index (χ2n) is 6.86. The van der Waals surface area contributed by atoms with E-state index in [1.807, 2.05) is 31.2 Å². The minimum absolute atomic E-state index is 0.190. The molecule has 0 aliphatic rings. The maximum Gasteiger partial charge on any atom is 0.270 e. The van der Waals surface area contributed by atoms with Gasteiger partial charge in [0.1, 0.15) is 11.9 Å². The smallest absolute Gasteiger partial charge is 0.270 e. The van der Waals surface area contributed by atoms with Gasteiger partial charge in [-0.05, 0) is 36.2 Å². The summed E-state index contributed by atoms with van der Waals surface area (Å²) < 4.78 is 28.8. The summed E-state index contributed by atoms with van der Waals surface area (Å²) in [5, 5.41) is 11.0. The maximum absolute atomic E-state index is 13.1. The van der Waals surface area contributed by atoms with E-state index in [1.54, 1.807) is 24.3 Å². The number of nitrogens with one attached hydrogen (secondary N) is 2. The second-order valence-corrected chi connectivity index (χ2v) is 8.58. The third-order valence-corrected chi connectivity index (χ3v) is 6.09. The Labute approximate surface area is 172 Å². The van der Waals surface area contributed by atoms with Crippen molar-refractivity contribution in [1.29, 1.82) is 0 Å². The Hall–Kier alpha value is -3.56. The molecule has 1 aromatic heterocycles. The Morgan fingerprint density at radius 3 is 2.53 bits per heavy atom. The molecule has 2 N–H and O–H groups in total. The number of aromatic nitrogens is 2. The Morgan fingerprint density at radius 2 is 1.80 bits per heavy atom. The van der Waals surface area contributed by atoms with Gasteiger partial charge >= 0.3 is 0 Å². The number of sulfonamides is 1. The Morgan fingerprint density at radius 1 is 1.03 bits per heavy atom. The fraction of sp³-hybridized carbons (Fsp3) is 0.0952.